The van der Waals surface area contributed by atoms with Crippen molar-refractivity contribution in [2.45, 2.75) is 39.7 Å². The quantitative estimate of drug-likeness (QED) is 0.483. The lowest BCUT2D eigenvalue weighted by Gasteiger charge is -2.29. The topological polar surface area (TPSA) is 50.5 Å². The average molecular weight is 411 g/mol. The second-order valence-electron chi connectivity index (χ2n) is 8.18. The molecule has 0 saturated heterocycles. The highest BCUT2D eigenvalue weighted by Crippen LogP contribution is 2.29. The summed E-state index contributed by atoms with van der Waals surface area (Å²) in [4.78, 5) is 20.2. The van der Waals surface area contributed by atoms with Gasteiger partial charge in [0.1, 0.15) is 0 Å². The maximum atomic E-state index is 13.6. The fraction of sp³-hybridized carbons (Fsp3) is 0.269. The maximum absolute atomic E-state index is 13.6. The Morgan fingerprint density at radius 2 is 1.77 bits per heavy atom. The van der Waals surface area contributed by atoms with Gasteiger partial charge in [0.05, 0.1) is 17.0 Å². The smallest absolute Gasteiger partial charge is 0.257 e. The predicted molar refractivity (Wildman–Crippen MR) is 122 cm³/mol. The Kier molecular flexibility index (Phi) is 5.02. The lowest BCUT2D eigenvalue weighted by Crippen LogP contribution is -2.36. The molecule has 31 heavy (non-hydrogen) atoms. The third-order valence-electron chi connectivity index (χ3n) is 6.12. The normalized spacial score (nSPS) is 13.4. The number of carbonyl (C=O) groups excluding carboxylic acids is 1. The van der Waals surface area contributed by atoms with Gasteiger partial charge in [0.15, 0.2) is 5.65 Å². The molecule has 0 unspecified atom stereocenters. The molecule has 1 amide bonds. The first-order chi connectivity index (χ1) is 15.2. The molecule has 2 aromatic heterocycles. The van der Waals surface area contributed by atoms with Gasteiger partial charge >= 0.3 is 0 Å². The minimum absolute atomic E-state index is 0.0433. The zero-order chi connectivity index (χ0) is 21.4. The second kappa shape index (κ2) is 7.99. The molecule has 0 radical (unpaired) electrons. The lowest BCUT2D eigenvalue weighted by molar-refractivity contribution is 0.0732. The van der Waals surface area contributed by atoms with Crippen molar-refractivity contribution in [1.82, 2.24) is 19.5 Å². The highest BCUT2D eigenvalue weighted by atomic mass is 16.2. The van der Waals surface area contributed by atoms with E-state index in [0.29, 0.717) is 12.1 Å². The van der Waals surface area contributed by atoms with Crippen LogP contribution in [0, 0.1) is 6.92 Å². The minimum atomic E-state index is 0.0433. The van der Waals surface area contributed by atoms with Gasteiger partial charge in [-0.05, 0) is 36.5 Å². The van der Waals surface area contributed by atoms with Crippen molar-refractivity contribution in [3.63, 3.8) is 0 Å². The van der Waals surface area contributed by atoms with E-state index in [1.807, 2.05) is 40.6 Å². The standard InChI is InChI=1S/C26H26N4O/c1-3-9-23-22(26(31)29-15-14-19-10-7-8-13-21(19)17-29)16-27-25-24(18(2)28-30(23)25)20-11-5-4-6-12-20/h4-8,10-13,16H,3,9,14-15,17H2,1-2H3. The van der Waals surface area contributed by atoms with Gasteiger partial charge in [-0.25, -0.2) is 9.50 Å². The number of aromatic nitrogens is 3. The van der Waals surface area contributed by atoms with E-state index in [2.05, 4.69) is 37.3 Å². The highest BCUT2D eigenvalue weighted by Gasteiger charge is 2.26. The van der Waals surface area contributed by atoms with Crippen molar-refractivity contribution in [3.8, 4) is 11.1 Å². The van der Waals surface area contributed by atoms with Gasteiger partial charge in [0.2, 0.25) is 0 Å². The van der Waals surface area contributed by atoms with Crippen LogP contribution in [0.25, 0.3) is 16.8 Å². The Bertz CT molecular complexity index is 1260. The zero-order valence-corrected chi connectivity index (χ0v) is 18.0. The van der Waals surface area contributed by atoms with Gasteiger partial charge in [-0.15, -0.1) is 0 Å². The maximum Gasteiger partial charge on any atom is 0.257 e. The Morgan fingerprint density at radius 1 is 1.03 bits per heavy atom. The molecule has 5 nitrogen and oxygen atoms in total. The molecule has 0 atom stereocenters. The van der Waals surface area contributed by atoms with Crippen molar-refractivity contribution >= 4 is 11.6 Å². The largest absolute Gasteiger partial charge is 0.334 e. The second-order valence-corrected chi connectivity index (χ2v) is 8.18. The molecule has 5 heteroatoms. The Labute approximate surface area is 182 Å². The van der Waals surface area contributed by atoms with Gasteiger partial charge in [-0.1, -0.05) is 67.9 Å². The number of hydrogen-bond donors (Lipinski definition) is 0. The SMILES string of the molecule is CCCc1c(C(=O)N2CCc3ccccc3C2)cnc2c(-c3ccccc3)c(C)nn12. The van der Waals surface area contributed by atoms with Crippen LogP contribution in [0.15, 0.2) is 60.8 Å². The van der Waals surface area contributed by atoms with Crippen molar-refractivity contribution < 1.29 is 4.79 Å². The molecule has 0 spiro atoms. The van der Waals surface area contributed by atoms with Crippen LogP contribution in [-0.2, 0) is 19.4 Å². The van der Waals surface area contributed by atoms with E-state index in [1.165, 1.54) is 11.1 Å². The molecular weight excluding hydrogens is 384 g/mol. The molecule has 3 heterocycles. The number of rotatable bonds is 4. The van der Waals surface area contributed by atoms with Crippen LogP contribution in [0.1, 0.15) is 46.2 Å². The summed E-state index contributed by atoms with van der Waals surface area (Å²) in [5.41, 5.74) is 8.04. The van der Waals surface area contributed by atoms with E-state index in [-0.39, 0.29) is 5.91 Å². The number of aryl methyl sites for hydroxylation is 2. The molecule has 0 bridgehead atoms. The summed E-state index contributed by atoms with van der Waals surface area (Å²) in [6, 6.07) is 18.6. The fourth-order valence-corrected chi connectivity index (χ4v) is 4.58. The van der Waals surface area contributed by atoms with Crippen molar-refractivity contribution in [2.24, 2.45) is 0 Å². The van der Waals surface area contributed by atoms with Gasteiger partial charge in [-0.3, -0.25) is 4.79 Å². The molecule has 5 rings (SSSR count). The number of benzene rings is 2. The van der Waals surface area contributed by atoms with Crippen molar-refractivity contribution in [2.75, 3.05) is 6.54 Å². The number of nitrogens with zero attached hydrogens (tertiary/aromatic N) is 4. The first kappa shape index (κ1) is 19.5. The van der Waals surface area contributed by atoms with Crippen molar-refractivity contribution in [1.29, 1.82) is 0 Å². The summed E-state index contributed by atoms with van der Waals surface area (Å²) in [5, 5.41) is 4.82. The predicted octanol–water partition coefficient (Wildman–Crippen LogP) is 4.86. The van der Waals surface area contributed by atoms with Crippen LogP contribution in [0.2, 0.25) is 0 Å². The van der Waals surface area contributed by atoms with E-state index in [9.17, 15) is 4.79 Å². The molecule has 0 aliphatic carbocycles. The number of hydrogen-bond acceptors (Lipinski definition) is 3. The molecule has 156 valence electrons. The fourth-order valence-electron chi connectivity index (χ4n) is 4.58. The Balaban J connectivity index is 1.58. The lowest BCUT2D eigenvalue weighted by atomic mass is 9.99. The molecule has 0 N–H and O–H groups in total. The minimum Gasteiger partial charge on any atom is -0.334 e. The van der Waals surface area contributed by atoms with Crippen LogP contribution in [0.4, 0.5) is 0 Å². The summed E-state index contributed by atoms with van der Waals surface area (Å²) < 4.78 is 1.90. The molecule has 0 fully saturated rings. The third-order valence-corrected chi connectivity index (χ3v) is 6.12. The van der Waals surface area contributed by atoms with E-state index in [0.717, 1.165) is 54.0 Å². The van der Waals surface area contributed by atoms with E-state index >= 15 is 0 Å². The van der Waals surface area contributed by atoms with E-state index < -0.39 is 0 Å². The summed E-state index contributed by atoms with van der Waals surface area (Å²) >= 11 is 0. The molecular formula is C26H26N4O. The molecule has 1 aliphatic rings. The van der Waals surface area contributed by atoms with E-state index in [4.69, 9.17) is 10.1 Å². The highest BCUT2D eigenvalue weighted by molar-refractivity contribution is 5.96. The average Bonchev–Trinajstić information content (AvgIpc) is 3.15. The van der Waals surface area contributed by atoms with Crippen LogP contribution < -0.4 is 0 Å². The Morgan fingerprint density at radius 3 is 2.55 bits per heavy atom. The number of amides is 1. The number of carbonyl (C=O) groups is 1. The monoisotopic (exact) mass is 410 g/mol. The van der Waals surface area contributed by atoms with E-state index in [1.54, 1.807) is 6.20 Å². The van der Waals surface area contributed by atoms with Crippen LogP contribution in [0.5, 0.6) is 0 Å². The first-order valence-electron chi connectivity index (χ1n) is 11.0. The zero-order valence-electron chi connectivity index (χ0n) is 18.0. The summed E-state index contributed by atoms with van der Waals surface area (Å²) in [7, 11) is 0. The Hall–Kier alpha value is -3.47. The van der Waals surface area contributed by atoms with Gasteiger partial charge in [-0.2, -0.15) is 5.10 Å². The van der Waals surface area contributed by atoms with Crippen LogP contribution in [0.3, 0.4) is 0 Å². The van der Waals surface area contributed by atoms with Gasteiger partial charge in [0.25, 0.3) is 5.91 Å². The first-order valence-corrected chi connectivity index (χ1v) is 11.0. The molecule has 2 aromatic carbocycles. The van der Waals surface area contributed by atoms with Crippen LogP contribution >= 0.6 is 0 Å². The van der Waals surface area contributed by atoms with Crippen molar-refractivity contribution in [3.05, 3.63) is 88.9 Å². The third kappa shape index (κ3) is 3.40. The summed E-state index contributed by atoms with van der Waals surface area (Å²) in [6.45, 7) is 5.51. The summed E-state index contributed by atoms with van der Waals surface area (Å²) in [6.07, 6.45) is 4.36. The van der Waals surface area contributed by atoms with Gasteiger partial charge in [0, 0.05) is 24.8 Å². The summed E-state index contributed by atoms with van der Waals surface area (Å²) in [5.74, 6) is 0.0433. The number of fused-ring (bicyclic) bond motifs is 2. The molecule has 1 aliphatic heterocycles. The molecule has 4 aromatic rings. The van der Waals surface area contributed by atoms with Crippen LogP contribution in [-0.4, -0.2) is 31.9 Å². The van der Waals surface area contributed by atoms with Gasteiger partial charge < -0.3 is 4.90 Å². The molecule has 0 saturated carbocycles.